The zero-order valence-electron chi connectivity index (χ0n) is 19.4. The van der Waals surface area contributed by atoms with Gasteiger partial charge in [0.1, 0.15) is 23.8 Å². The molecule has 174 valence electrons. The van der Waals surface area contributed by atoms with Gasteiger partial charge in [-0.25, -0.2) is 9.37 Å². The minimum absolute atomic E-state index is 0.152. The quantitative estimate of drug-likeness (QED) is 0.415. The molecule has 4 aromatic rings. The van der Waals surface area contributed by atoms with Crippen LogP contribution in [0.4, 0.5) is 10.2 Å². The second-order valence-corrected chi connectivity index (χ2v) is 9.17. The zero-order valence-corrected chi connectivity index (χ0v) is 19.4. The molecule has 6 heteroatoms. The van der Waals surface area contributed by atoms with E-state index in [-0.39, 0.29) is 23.9 Å². The van der Waals surface area contributed by atoms with Crippen molar-refractivity contribution >= 4 is 11.7 Å². The van der Waals surface area contributed by atoms with Gasteiger partial charge < -0.3 is 15.8 Å². The normalized spacial score (nSPS) is 17.2. The van der Waals surface area contributed by atoms with E-state index in [0.717, 1.165) is 44.6 Å². The number of pyridine rings is 1. The fraction of sp³-hybridized carbons (Fsp3) is 0.172. The number of hydrogen-bond donors (Lipinski definition) is 2. The van der Waals surface area contributed by atoms with Gasteiger partial charge in [-0.15, -0.1) is 0 Å². The van der Waals surface area contributed by atoms with Gasteiger partial charge in [-0.05, 0) is 83.1 Å². The average Bonchev–Trinajstić information content (AvgIpc) is 3.40. The number of nitrogens with zero attached hydrogens (tertiary/aromatic N) is 1. The van der Waals surface area contributed by atoms with Crippen LogP contribution in [0.5, 0.6) is 0 Å². The predicted octanol–water partition coefficient (Wildman–Crippen LogP) is 5.54. The van der Waals surface area contributed by atoms with Gasteiger partial charge in [0, 0.05) is 23.4 Å². The van der Waals surface area contributed by atoms with Crippen LogP contribution in [-0.4, -0.2) is 10.9 Å². The number of carbonyl (C=O) groups is 1. The highest BCUT2D eigenvalue weighted by molar-refractivity contribution is 5.94. The van der Waals surface area contributed by atoms with E-state index in [1.54, 1.807) is 12.1 Å². The molecule has 0 radical (unpaired) electrons. The number of amides is 1. The Morgan fingerprint density at radius 3 is 2.43 bits per heavy atom. The molecule has 2 bridgehead atoms. The number of halogens is 1. The van der Waals surface area contributed by atoms with Crippen LogP contribution in [-0.2, 0) is 11.3 Å². The topological polar surface area (TPSA) is 77.2 Å². The molecule has 1 amide bonds. The maximum atomic E-state index is 14.3. The number of benzene rings is 3. The highest BCUT2D eigenvalue weighted by Gasteiger charge is 2.43. The van der Waals surface area contributed by atoms with Crippen molar-refractivity contribution in [3.05, 3.63) is 117 Å². The lowest BCUT2D eigenvalue weighted by atomic mass is 9.83. The lowest BCUT2D eigenvalue weighted by Gasteiger charge is -2.18. The van der Waals surface area contributed by atoms with Crippen LogP contribution < -0.4 is 11.1 Å². The van der Waals surface area contributed by atoms with E-state index in [9.17, 15) is 9.18 Å². The molecule has 2 atom stereocenters. The molecule has 3 heterocycles. The number of nitrogen functional groups attached to an aromatic ring is 1. The van der Waals surface area contributed by atoms with Gasteiger partial charge in [-0.2, -0.15) is 0 Å². The van der Waals surface area contributed by atoms with Gasteiger partial charge >= 0.3 is 0 Å². The van der Waals surface area contributed by atoms with E-state index < -0.39 is 0 Å². The molecule has 5 nitrogen and oxygen atoms in total. The summed E-state index contributed by atoms with van der Waals surface area (Å²) in [4.78, 5) is 17.3. The van der Waals surface area contributed by atoms with Crippen LogP contribution >= 0.6 is 0 Å². The second kappa shape index (κ2) is 8.03. The Hall–Kier alpha value is -4.03. The van der Waals surface area contributed by atoms with E-state index in [0.29, 0.717) is 23.5 Å². The number of anilines is 1. The Bertz CT molecular complexity index is 1490. The smallest absolute Gasteiger partial charge is 0.251 e. The highest BCUT2D eigenvalue weighted by atomic mass is 19.1. The minimum Gasteiger partial charge on any atom is -0.384 e. The van der Waals surface area contributed by atoms with Crippen molar-refractivity contribution < 1.29 is 13.9 Å². The van der Waals surface area contributed by atoms with Crippen LogP contribution in [0.2, 0.25) is 0 Å². The maximum Gasteiger partial charge on any atom is 0.251 e. The van der Waals surface area contributed by atoms with Crippen molar-refractivity contribution in [2.24, 2.45) is 0 Å². The number of aryl methyl sites for hydroxylation is 2. The summed E-state index contributed by atoms with van der Waals surface area (Å²) >= 11 is 0. The molecule has 0 aliphatic carbocycles. The van der Waals surface area contributed by atoms with E-state index >= 15 is 0 Å². The second-order valence-electron chi connectivity index (χ2n) is 9.17. The molecule has 2 unspecified atom stereocenters. The van der Waals surface area contributed by atoms with Crippen LogP contribution in [0.15, 0.2) is 66.7 Å². The van der Waals surface area contributed by atoms with Crippen molar-refractivity contribution in [1.82, 2.24) is 10.3 Å². The van der Waals surface area contributed by atoms with E-state index in [4.69, 9.17) is 10.5 Å². The Balaban J connectivity index is 1.25. The molecule has 6 rings (SSSR count). The number of fused-ring (bicyclic) bond motifs is 8. The molecule has 0 spiro atoms. The summed E-state index contributed by atoms with van der Waals surface area (Å²) < 4.78 is 20.6. The Morgan fingerprint density at radius 2 is 1.69 bits per heavy atom. The summed E-state index contributed by atoms with van der Waals surface area (Å²) in [7, 11) is 0. The first-order valence-corrected chi connectivity index (χ1v) is 11.6. The van der Waals surface area contributed by atoms with Crippen molar-refractivity contribution in [3.8, 4) is 11.1 Å². The first-order valence-electron chi connectivity index (χ1n) is 11.6. The number of rotatable bonds is 4. The SMILES string of the molecule is Cc1cc(N)nc(C)c1CNC(=O)c1ccc2c(c1)C1OC2c2cc(-c3ccccc3F)ccc21. The summed E-state index contributed by atoms with van der Waals surface area (Å²) in [6.45, 7) is 4.24. The Morgan fingerprint density at radius 1 is 0.971 bits per heavy atom. The Kier molecular flexibility index (Phi) is 4.93. The molecule has 35 heavy (non-hydrogen) atoms. The van der Waals surface area contributed by atoms with Crippen molar-refractivity contribution in [1.29, 1.82) is 0 Å². The monoisotopic (exact) mass is 465 g/mol. The van der Waals surface area contributed by atoms with Crippen LogP contribution in [0, 0.1) is 19.7 Å². The fourth-order valence-electron chi connectivity index (χ4n) is 5.28. The minimum atomic E-state index is -0.243. The first kappa shape index (κ1) is 21.5. The standard InChI is InChI=1S/C29H24FN3O2/c1-15-11-26(31)33-16(2)24(15)14-32-29(34)18-8-10-21-23(13-18)28-20-9-7-17(12-22(20)27(21)35-28)19-5-3-4-6-25(19)30/h3-13,27-28H,14H2,1-2H3,(H2,31,33)(H,32,34). The van der Waals surface area contributed by atoms with Crippen LogP contribution in [0.3, 0.4) is 0 Å². The van der Waals surface area contributed by atoms with Gasteiger partial charge in [0.2, 0.25) is 0 Å². The number of ether oxygens (including phenoxy) is 1. The molecule has 3 aromatic carbocycles. The summed E-state index contributed by atoms with van der Waals surface area (Å²) in [5, 5.41) is 3.01. The van der Waals surface area contributed by atoms with Crippen LogP contribution in [0.1, 0.15) is 61.6 Å². The molecule has 2 aliphatic rings. The van der Waals surface area contributed by atoms with Gasteiger partial charge in [0.25, 0.3) is 5.91 Å². The summed E-state index contributed by atoms with van der Waals surface area (Å²) in [6, 6.07) is 20.3. The maximum absolute atomic E-state index is 14.3. The third-order valence-electron chi connectivity index (χ3n) is 7.02. The van der Waals surface area contributed by atoms with Crippen molar-refractivity contribution in [2.75, 3.05) is 5.73 Å². The predicted molar refractivity (Wildman–Crippen MR) is 132 cm³/mol. The van der Waals surface area contributed by atoms with Gasteiger partial charge in [-0.3, -0.25) is 4.79 Å². The van der Waals surface area contributed by atoms with E-state index in [1.807, 2.05) is 62.4 Å². The molecule has 1 aromatic heterocycles. The summed E-state index contributed by atoms with van der Waals surface area (Å²) in [5.41, 5.74) is 14.8. The third-order valence-corrected chi connectivity index (χ3v) is 7.02. The largest absolute Gasteiger partial charge is 0.384 e. The lowest BCUT2D eigenvalue weighted by Crippen LogP contribution is -2.24. The summed E-state index contributed by atoms with van der Waals surface area (Å²) in [5.74, 6) is 0.0825. The molecule has 2 aliphatic heterocycles. The molecular formula is C29H24FN3O2. The van der Waals surface area contributed by atoms with Crippen molar-refractivity contribution in [3.63, 3.8) is 0 Å². The number of nitrogens with one attached hydrogen (secondary N) is 1. The summed E-state index contributed by atoms with van der Waals surface area (Å²) in [6.07, 6.45) is -0.432. The van der Waals surface area contributed by atoms with E-state index in [1.165, 1.54) is 6.07 Å². The number of nitrogens with two attached hydrogens (primary N) is 1. The molecule has 0 saturated heterocycles. The van der Waals surface area contributed by atoms with Crippen molar-refractivity contribution in [2.45, 2.75) is 32.6 Å². The number of hydrogen-bond acceptors (Lipinski definition) is 4. The third kappa shape index (κ3) is 3.49. The van der Waals surface area contributed by atoms with Gasteiger partial charge in [-0.1, -0.05) is 36.4 Å². The number of carbonyl (C=O) groups excluding carboxylic acids is 1. The van der Waals surface area contributed by atoms with Crippen LogP contribution in [0.25, 0.3) is 11.1 Å². The van der Waals surface area contributed by atoms with Gasteiger partial charge in [0.05, 0.1) is 0 Å². The zero-order chi connectivity index (χ0) is 24.3. The first-order chi connectivity index (χ1) is 16.9. The highest BCUT2D eigenvalue weighted by Crippen LogP contribution is 2.54. The molecule has 3 N–H and O–H groups in total. The Labute approximate surface area is 202 Å². The fourth-order valence-corrected chi connectivity index (χ4v) is 5.28. The molecule has 0 fully saturated rings. The number of aromatic nitrogens is 1. The average molecular weight is 466 g/mol. The van der Waals surface area contributed by atoms with E-state index in [2.05, 4.69) is 10.3 Å². The van der Waals surface area contributed by atoms with Gasteiger partial charge in [0.15, 0.2) is 0 Å². The lowest BCUT2D eigenvalue weighted by molar-refractivity contribution is 0.0857. The molecular weight excluding hydrogens is 441 g/mol. The molecule has 0 saturated carbocycles.